The Bertz CT molecular complexity index is 872. The second-order valence-corrected chi connectivity index (χ2v) is 5.56. The zero-order valence-electron chi connectivity index (χ0n) is 14.3. The lowest BCUT2D eigenvalue weighted by atomic mass is 10.1. The highest BCUT2D eigenvalue weighted by Gasteiger charge is 2.24. The summed E-state index contributed by atoms with van der Waals surface area (Å²) in [4.78, 5) is 23.9. The van der Waals surface area contributed by atoms with Gasteiger partial charge >= 0.3 is 11.9 Å². The third-order valence-electron chi connectivity index (χ3n) is 3.59. The van der Waals surface area contributed by atoms with Crippen LogP contribution < -0.4 is 0 Å². The number of hydrogen-bond donors (Lipinski definition) is 4. The van der Waals surface area contributed by atoms with Gasteiger partial charge in [-0.15, -0.1) is 0 Å². The van der Waals surface area contributed by atoms with Crippen LogP contribution in [0.15, 0.2) is 42.5 Å². The van der Waals surface area contributed by atoms with E-state index >= 15 is 0 Å². The minimum Gasteiger partial charge on any atom is -0.504 e. The maximum absolute atomic E-state index is 12.0. The molecule has 1 atom stereocenters. The van der Waals surface area contributed by atoms with E-state index in [0.717, 1.165) is 13.2 Å². The summed E-state index contributed by atoms with van der Waals surface area (Å²) in [6.45, 7) is 0. The van der Waals surface area contributed by atoms with Crippen molar-refractivity contribution in [2.45, 2.75) is 12.5 Å². The van der Waals surface area contributed by atoms with Gasteiger partial charge in [0.25, 0.3) is 0 Å². The average Bonchev–Trinajstić information content (AvgIpc) is 2.64. The fourth-order valence-corrected chi connectivity index (χ4v) is 2.20. The van der Waals surface area contributed by atoms with Crippen LogP contribution in [-0.2, 0) is 25.5 Å². The molecule has 2 aromatic carbocycles. The lowest BCUT2D eigenvalue weighted by molar-refractivity contribution is -0.162. The number of phenols is 4. The number of methoxy groups -OCH3 is 1. The van der Waals surface area contributed by atoms with Gasteiger partial charge in [-0.1, -0.05) is 12.1 Å². The average molecular weight is 374 g/mol. The number of hydrogen-bond acceptors (Lipinski definition) is 8. The number of rotatable bonds is 6. The lowest BCUT2D eigenvalue weighted by Crippen LogP contribution is -2.30. The first-order valence-electron chi connectivity index (χ1n) is 7.79. The number of carbonyl (C=O) groups is 2. The van der Waals surface area contributed by atoms with Crippen LogP contribution in [0.2, 0.25) is 0 Å². The van der Waals surface area contributed by atoms with Gasteiger partial charge in [-0.2, -0.15) is 0 Å². The van der Waals surface area contributed by atoms with E-state index in [2.05, 4.69) is 4.74 Å². The zero-order valence-corrected chi connectivity index (χ0v) is 14.3. The Kier molecular flexibility index (Phi) is 6.27. The monoisotopic (exact) mass is 374 g/mol. The highest BCUT2D eigenvalue weighted by molar-refractivity contribution is 5.89. The van der Waals surface area contributed by atoms with Gasteiger partial charge in [0.15, 0.2) is 23.0 Å². The van der Waals surface area contributed by atoms with Gasteiger partial charge in [0, 0.05) is 12.5 Å². The molecule has 8 nitrogen and oxygen atoms in total. The van der Waals surface area contributed by atoms with E-state index in [4.69, 9.17) is 4.74 Å². The molecular weight excluding hydrogens is 356 g/mol. The molecule has 1 unspecified atom stereocenters. The van der Waals surface area contributed by atoms with Gasteiger partial charge in [0.2, 0.25) is 6.10 Å². The largest absolute Gasteiger partial charge is 0.504 e. The molecule has 8 heteroatoms. The van der Waals surface area contributed by atoms with E-state index < -0.39 is 18.0 Å². The van der Waals surface area contributed by atoms with Crippen LogP contribution in [0.3, 0.4) is 0 Å². The van der Waals surface area contributed by atoms with E-state index in [1.54, 1.807) is 0 Å². The van der Waals surface area contributed by atoms with Gasteiger partial charge in [-0.25, -0.2) is 9.59 Å². The third-order valence-corrected chi connectivity index (χ3v) is 3.59. The summed E-state index contributed by atoms with van der Waals surface area (Å²) in [6.07, 6.45) is 1.06. The van der Waals surface area contributed by atoms with Gasteiger partial charge in [0.1, 0.15) is 0 Å². The van der Waals surface area contributed by atoms with Crippen LogP contribution in [-0.4, -0.2) is 45.6 Å². The first-order valence-corrected chi connectivity index (χ1v) is 7.79. The minimum atomic E-state index is -1.26. The Morgan fingerprint density at radius 2 is 1.59 bits per heavy atom. The van der Waals surface area contributed by atoms with Crippen molar-refractivity contribution in [3.63, 3.8) is 0 Å². The summed E-state index contributed by atoms with van der Waals surface area (Å²) >= 11 is 0. The molecule has 0 saturated heterocycles. The second kappa shape index (κ2) is 8.61. The maximum atomic E-state index is 12.0. The van der Waals surface area contributed by atoms with E-state index in [-0.39, 0.29) is 29.4 Å². The van der Waals surface area contributed by atoms with Crippen molar-refractivity contribution in [1.29, 1.82) is 0 Å². The predicted octanol–water partition coefficient (Wildman–Crippen LogP) is 1.85. The van der Waals surface area contributed by atoms with E-state index in [1.165, 1.54) is 42.5 Å². The Hall–Kier alpha value is -3.68. The third kappa shape index (κ3) is 5.40. The first kappa shape index (κ1) is 19.6. The summed E-state index contributed by atoms with van der Waals surface area (Å²) in [5.41, 5.74) is 0.876. The first-order chi connectivity index (χ1) is 12.8. The Balaban J connectivity index is 2.09. The van der Waals surface area contributed by atoms with Gasteiger partial charge in [0.05, 0.1) is 7.11 Å². The molecule has 0 radical (unpaired) electrons. The summed E-state index contributed by atoms with van der Waals surface area (Å²) in [7, 11) is 1.15. The quantitative estimate of drug-likeness (QED) is 0.342. The number of phenolic OH excluding ortho intramolecular Hbond substituents is 4. The van der Waals surface area contributed by atoms with E-state index in [1.807, 2.05) is 0 Å². The lowest BCUT2D eigenvalue weighted by Gasteiger charge is -2.15. The molecule has 0 aliphatic heterocycles. The fraction of sp³-hybridized carbons (Fsp3) is 0.158. The summed E-state index contributed by atoms with van der Waals surface area (Å²) in [5, 5.41) is 37.5. The van der Waals surface area contributed by atoms with Gasteiger partial charge in [-0.3, -0.25) is 0 Å². The molecule has 27 heavy (non-hydrogen) atoms. The zero-order chi connectivity index (χ0) is 20.0. The summed E-state index contributed by atoms with van der Waals surface area (Å²) in [5.74, 6) is -2.93. The molecular formula is C19H18O8. The van der Waals surface area contributed by atoms with Crippen molar-refractivity contribution in [3.05, 3.63) is 53.6 Å². The van der Waals surface area contributed by atoms with Crippen LogP contribution >= 0.6 is 0 Å². The molecule has 0 aromatic heterocycles. The van der Waals surface area contributed by atoms with Gasteiger partial charge in [-0.05, 0) is 41.5 Å². The second-order valence-electron chi connectivity index (χ2n) is 5.56. The number of ether oxygens (including phenoxy) is 2. The highest BCUT2D eigenvalue weighted by Crippen LogP contribution is 2.26. The Morgan fingerprint density at radius 3 is 2.19 bits per heavy atom. The maximum Gasteiger partial charge on any atom is 0.347 e. The molecule has 2 aromatic rings. The highest BCUT2D eigenvalue weighted by atomic mass is 16.6. The SMILES string of the molecule is COC(=O)C(Cc1ccc(O)c(O)c1)OC(=O)/C=C/c1ccc(O)c(O)c1. The van der Waals surface area contributed by atoms with Gasteiger partial charge < -0.3 is 29.9 Å². The van der Waals surface area contributed by atoms with Crippen LogP contribution in [0.1, 0.15) is 11.1 Å². The molecule has 0 amide bonds. The topological polar surface area (TPSA) is 134 Å². The molecule has 0 fully saturated rings. The molecule has 0 heterocycles. The van der Waals surface area contributed by atoms with Crippen molar-refractivity contribution < 1.29 is 39.5 Å². The van der Waals surface area contributed by atoms with Crippen molar-refractivity contribution >= 4 is 18.0 Å². The summed E-state index contributed by atoms with van der Waals surface area (Å²) < 4.78 is 9.71. The normalized spacial score (nSPS) is 11.9. The minimum absolute atomic E-state index is 0.0694. The van der Waals surface area contributed by atoms with Crippen molar-refractivity contribution in [2.75, 3.05) is 7.11 Å². The molecule has 0 aliphatic rings. The molecule has 0 aliphatic carbocycles. The molecule has 2 rings (SSSR count). The number of carbonyl (C=O) groups excluding carboxylic acids is 2. The Morgan fingerprint density at radius 1 is 0.963 bits per heavy atom. The van der Waals surface area contributed by atoms with E-state index in [0.29, 0.717) is 11.1 Å². The molecule has 142 valence electrons. The van der Waals surface area contributed by atoms with E-state index in [9.17, 15) is 30.0 Å². The number of aromatic hydroxyl groups is 4. The van der Waals surface area contributed by atoms with Crippen LogP contribution in [0, 0.1) is 0 Å². The molecule has 0 bridgehead atoms. The van der Waals surface area contributed by atoms with Crippen LogP contribution in [0.4, 0.5) is 0 Å². The summed E-state index contributed by atoms with van der Waals surface area (Å²) in [6, 6.07) is 7.93. The Labute approximate surface area is 154 Å². The fourth-order valence-electron chi connectivity index (χ4n) is 2.20. The van der Waals surface area contributed by atoms with Crippen LogP contribution in [0.5, 0.6) is 23.0 Å². The standard InChI is InChI=1S/C19H18O8/c1-26-19(25)17(10-12-3-6-14(21)16(23)9-12)27-18(24)7-4-11-2-5-13(20)15(22)8-11/h2-9,17,20-23H,10H2,1H3/b7-4+. The van der Waals surface area contributed by atoms with Crippen LogP contribution in [0.25, 0.3) is 6.08 Å². The smallest absolute Gasteiger partial charge is 0.347 e. The molecule has 0 saturated carbocycles. The van der Waals surface area contributed by atoms with Crippen molar-refractivity contribution in [2.24, 2.45) is 0 Å². The number of esters is 2. The molecule has 0 spiro atoms. The number of benzene rings is 2. The predicted molar refractivity (Wildman–Crippen MR) is 94.2 cm³/mol. The van der Waals surface area contributed by atoms with Crippen molar-refractivity contribution in [1.82, 2.24) is 0 Å². The molecule has 4 N–H and O–H groups in total. The van der Waals surface area contributed by atoms with Crippen molar-refractivity contribution in [3.8, 4) is 23.0 Å².